The van der Waals surface area contributed by atoms with Crippen LogP contribution >= 0.6 is 0 Å². The van der Waals surface area contributed by atoms with Crippen LogP contribution in [-0.4, -0.2) is 30.9 Å². The van der Waals surface area contributed by atoms with Gasteiger partial charge in [-0.05, 0) is 18.5 Å². The summed E-state index contributed by atoms with van der Waals surface area (Å²) in [6.07, 6.45) is 0.700. The van der Waals surface area contributed by atoms with Crippen LogP contribution in [0.2, 0.25) is 0 Å². The minimum atomic E-state index is 0.227. The first kappa shape index (κ1) is 12.1. The Morgan fingerprint density at radius 1 is 1.41 bits per heavy atom. The van der Waals surface area contributed by atoms with Crippen molar-refractivity contribution in [3.63, 3.8) is 0 Å². The van der Waals surface area contributed by atoms with Crippen LogP contribution in [0, 0.1) is 5.92 Å². The van der Waals surface area contributed by atoms with Crippen LogP contribution in [0.3, 0.4) is 0 Å². The summed E-state index contributed by atoms with van der Waals surface area (Å²) in [4.78, 5) is 13.7. The number of rotatable bonds is 4. The first-order chi connectivity index (χ1) is 8.20. The molecule has 1 saturated heterocycles. The predicted molar refractivity (Wildman–Crippen MR) is 68.6 cm³/mol. The highest BCUT2D eigenvalue weighted by molar-refractivity contribution is 5.78. The van der Waals surface area contributed by atoms with Crippen molar-refractivity contribution in [2.24, 2.45) is 5.92 Å². The summed E-state index contributed by atoms with van der Waals surface area (Å²) >= 11 is 0. The molecular formula is C14H20N2O. The quantitative estimate of drug-likeness (QED) is 0.858. The molecule has 3 nitrogen and oxygen atoms in total. The Balaban J connectivity index is 2.03. The Morgan fingerprint density at radius 3 is 2.65 bits per heavy atom. The summed E-state index contributed by atoms with van der Waals surface area (Å²) in [5.74, 6) is 0.782. The highest BCUT2D eigenvalue weighted by atomic mass is 16.2. The van der Waals surface area contributed by atoms with E-state index >= 15 is 0 Å². The summed E-state index contributed by atoms with van der Waals surface area (Å²) in [7, 11) is 1.95. The van der Waals surface area contributed by atoms with Crippen LogP contribution < -0.4 is 5.32 Å². The van der Waals surface area contributed by atoms with Gasteiger partial charge in [0.25, 0.3) is 0 Å². The fourth-order valence-electron chi connectivity index (χ4n) is 2.42. The molecule has 1 aromatic rings. The molecule has 0 spiro atoms. The summed E-state index contributed by atoms with van der Waals surface area (Å²) in [5, 5.41) is 3.29. The SMILES string of the molecule is CNC(CN1CC(C)CC1=O)c1ccccc1. The summed E-state index contributed by atoms with van der Waals surface area (Å²) in [6.45, 7) is 3.79. The molecule has 0 bridgehead atoms. The molecular weight excluding hydrogens is 212 g/mol. The molecule has 92 valence electrons. The molecule has 1 fully saturated rings. The third-order valence-electron chi connectivity index (χ3n) is 3.36. The second-order valence-corrected chi connectivity index (χ2v) is 4.86. The van der Waals surface area contributed by atoms with Gasteiger partial charge in [-0.2, -0.15) is 0 Å². The molecule has 1 amide bonds. The van der Waals surface area contributed by atoms with Crippen molar-refractivity contribution in [1.29, 1.82) is 0 Å². The number of nitrogens with zero attached hydrogens (tertiary/aromatic N) is 1. The lowest BCUT2D eigenvalue weighted by Gasteiger charge is -2.24. The van der Waals surface area contributed by atoms with Crippen molar-refractivity contribution in [3.8, 4) is 0 Å². The predicted octanol–water partition coefficient (Wildman–Crippen LogP) is 1.82. The van der Waals surface area contributed by atoms with E-state index < -0.39 is 0 Å². The van der Waals surface area contributed by atoms with Crippen LogP contribution in [0.1, 0.15) is 24.9 Å². The molecule has 2 unspecified atom stereocenters. The first-order valence-electron chi connectivity index (χ1n) is 6.20. The van der Waals surface area contributed by atoms with Gasteiger partial charge in [-0.15, -0.1) is 0 Å². The normalized spacial score (nSPS) is 21.9. The van der Waals surface area contributed by atoms with Gasteiger partial charge in [0.2, 0.25) is 5.91 Å². The molecule has 0 aromatic heterocycles. The van der Waals surface area contributed by atoms with Gasteiger partial charge in [0.1, 0.15) is 0 Å². The third kappa shape index (κ3) is 2.86. The Bertz CT molecular complexity index is 377. The van der Waals surface area contributed by atoms with Crippen molar-refractivity contribution in [2.75, 3.05) is 20.1 Å². The molecule has 1 aliphatic rings. The van der Waals surface area contributed by atoms with E-state index in [9.17, 15) is 4.79 Å². The summed E-state index contributed by atoms with van der Waals surface area (Å²) in [6, 6.07) is 10.5. The Morgan fingerprint density at radius 2 is 2.12 bits per heavy atom. The van der Waals surface area contributed by atoms with Gasteiger partial charge in [-0.3, -0.25) is 4.79 Å². The number of amides is 1. The highest BCUT2D eigenvalue weighted by Crippen LogP contribution is 2.21. The number of nitrogens with one attached hydrogen (secondary N) is 1. The van der Waals surface area contributed by atoms with E-state index in [2.05, 4.69) is 24.4 Å². The lowest BCUT2D eigenvalue weighted by molar-refractivity contribution is -0.128. The zero-order valence-corrected chi connectivity index (χ0v) is 10.5. The zero-order valence-electron chi connectivity index (χ0n) is 10.5. The first-order valence-corrected chi connectivity index (χ1v) is 6.20. The third-order valence-corrected chi connectivity index (χ3v) is 3.36. The van der Waals surface area contributed by atoms with E-state index in [1.165, 1.54) is 5.56 Å². The van der Waals surface area contributed by atoms with Crippen LogP contribution in [0.15, 0.2) is 30.3 Å². The number of benzene rings is 1. The lowest BCUT2D eigenvalue weighted by Crippen LogP contribution is -2.34. The van der Waals surface area contributed by atoms with Crippen LogP contribution in [0.5, 0.6) is 0 Å². The van der Waals surface area contributed by atoms with Gasteiger partial charge in [-0.25, -0.2) is 0 Å². The van der Waals surface area contributed by atoms with Gasteiger partial charge in [0.15, 0.2) is 0 Å². The molecule has 0 saturated carbocycles. The Kier molecular flexibility index (Phi) is 3.79. The minimum Gasteiger partial charge on any atom is -0.340 e. The van der Waals surface area contributed by atoms with Crippen molar-refractivity contribution in [1.82, 2.24) is 10.2 Å². The Hall–Kier alpha value is -1.35. The standard InChI is InChI=1S/C14H20N2O/c1-11-8-14(17)16(9-11)10-13(15-2)12-6-4-3-5-7-12/h3-7,11,13,15H,8-10H2,1-2H3. The largest absolute Gasteiger partial charge is 0.340 e. The minimum absolute atomic E-state index is 0.227. The van der Waals surface area contributed by atoms with E-state index in [4.69, 9.17) is 0 Å². The van der Waals surface area contributed by atoms with Crippen LogP contribution in [-0.2, 0) is 4.79 Å². The molecule has 1 aromatic carbocycles. The van der Waals surface area contributed by atoms with E-state index in [-0.39, 0.29) is 11.9 Å². The summed E-state index contributed by atoms with van der Waals surface area (Å²) < 4.78 is 0. The fraction of sp³-hybridized carbons (Fsp3) is 0.500. The molecule has 2 atom stereocenters. The van der Waals surface area contributed by atoms with Crippen molar-refractivity contribution >= 4 is 5.91 Å². The van der Waals surface area contributed by atoms with Gasteiger partial charge in [-0.1, -0.05) is 37.3 Å². The molecule has 17 heavy (non-hydrogen) atoms. The average Bonchev–Trinajstić information content (AvgIpc) is 2.66. The topological polar surface area (TPSA) is 32.3 Å². The number of likely N-dealkylation sites (tertiary alicyclic amines) is 1. The van der Waals surface area contributed by atoms with Crippen molar-refractivity contribution in [3.05, 3.63) is 35.9 Å². The second kappa shape index (κ2) is 5.32. The van der Waals surface area contributed by atoms with E-state index in [1.54, 1.807) is 0 Å². The molecule has 3 heteroatoms. The van der Waals surface area contributed by atoms with Crippen LogP contribution in [0.4, 0.5) is 0 Å². The Labute approximate surface area is 103 Å². The van der Waals surface area contributed by atoms with E-state index in [1.807, 2.05) is 30.1 Å². The lowest BCUT2D eigenvalue weighted by atomic mass is 10.1. The smallest absolute Gasteiger partial charge is 0.222 e. The van der Waals surface area contributed by atoms with Gasteiger partial charge < -0.3 is 10.2 Å². The van der Waals surface area contributed by atoms with Crippen molar-refractivity contribution < 1.29 is 4.79 Å². The maximum Gasteiger partial charge on any atom is 0.222 e. The number of likely N-dealkylation sites (N-methyl/N-ethyl adjacent to an activating group) is 1. The van der Waals surface area contributed by atoms with E-state index in [0.29, 0.717) is 12.3 Å². The number of carbonyl (C=O) groups is 1. The molecule has 1 N–H and O–H groups in total. The summed E-state index contributed by atoms with van der Waals surface area (Å²) in [5.41, 5.74) is 1.24. The average molecular weight is 232 g/mol. The van der Waals surface area contributed by atoms with Crippen LogP contribution in [0.25, 0.3) is 0 Å². The maximum absolute atomic E-state index is 11.8. The molecule has 0 radical (unpaired) electrons. The molecule has 0 aliphatic carbocycles. The molecule has 2 rings (SSSR count). The molecule has 1 heterocycles. The van der Waals surface area contributed by atoms with Crippen molar-refractivity contribution in [2.45, 2.75) is 19.4 Å². The van der Waals surface area contributed by atoms with E-state index in [0.717, 1.165) is 13.1 Å². The second-order valence-electron chi connectivity index (χ2n) is 4.86. The zero-order chi connectivity index (χ0) is 12.3. The van der Waals surface area contributed by atoms with Gasteiger partial charge in [0.05, 0.1) is 0 Å². The maximum atomic E-state index is 11.8. The molecule has 1 aliphatic heterocycles. The number of carbonyl (C=O) groups excluding carboxylic acids is 1. The fourth-order valence-corrected chi connectivity index (χ4v) is 2.42. The highest BCUT2D eigenvalue weighted by Gasteiger charge is 2.28. The monoisotopic (exact) mass is 232 g/mol. The van der Waals surface area contributed by atoms with Gasteiger partial charge >= 0.3 is 0 Å². The number of hydrogen-bond acceptors (Lipinski definition) is 2. The van der Waals surface area contributed by atoms with Gasteiger partial charge in [0, 0.05) is 25.6 Å². The number of hydrogen-bond donors (Lipinski definition) is 1.